The summed E-state index contributed by atoms with van der Waals surface area (Å²) in [6.07, 6.45) is 11.4. The van der Waals surface area contributed by atoms with E-state index < -0.39 is 0 Å². The van der Waals surface area contributed by atoms with Crippen molar-refractivity contribution in [3.8, 4) is 0 Å². The SMILES string of the molecule is O=C(CC1CCCCC1)NCCc1ncc[nH]1. The number of H-pyrrole nitrogens is 1. The molecule has 0 radical (unpaired) electrons. The lowest BCUT2D eigenvalue weighted by atomic mass is 9.87. The van der Waals surface area contributed by atoms with Crippen LogP contribution >= 0.6 is 0 Å². The van der Waals surface area contributed by atoms with Crippen molar-refractivity contribution in [2.24, 2.45) is 5.92 Å². The average Bonchev–Trinajstić information content (AvgIpc) is 2.83. The molecule has 0 saturated heterocycles. The van der Waals surface area contributed by atoms with Gasteiger partial charge in [-0.05, 0) is 18.8 Å². The Kier molecular flexibility index (Phi) is 4.59. The van der Waals surface area contributed by atoms with Gasteiger partial charge in [0, 0.05) is 31.8 Å². The molecule has 0 spiro atoms. The summed E-state index contributed by atoms with van der Waals surface area (Å²) >= 11 is 0. The molecule has 4 nitrogen and oxygen atoms in total. The van der Waals surface area contributed by atoms with E-state index in [0.29, 0.717) is 18.9 Å². The highest BCUT2D eigenvalue weighted by molar-refractivity contribution is 5.76. The first-order valence-electron chi connectivity index (χ1n) is 6.59. The van der Waals surface area contributed by atoms with Crippen LogP contribution in [0.25, 0.3) is 0 Å². The molecule has 0 atom stereocenters. The Morgan fingerprint density at radius 2 is 2.24 bits per heavy atom. The second kappa shape index (κ2) is 6.42. The van der Waals surface area contributed by atoms with Gasteiger partial charge in [-0.1, -0.05) is 19.3 Å². The fraction of sp³-hybridized carbons (Fsp3) is 0.692. The molecule has 0 aromatic carbocycles. The lowest BCUT2D eigenvalue weighted by Crippen LogP contribution is -2.28. The zero-order chi connectivity index (χ0) is 11.9. The number of aromatic nitrogens is 2. The number of hydrogen-bond acceptors (Lipinski definition) is 2. The Labute approximate surface area is 102 Å². The maximum absolute atomic E-state index is 11.7. The van der Waals surface area contributed by atoms with Crippen LogP contribution in [0.1, 0.15) is 44.3 Å². The molecule has 1 saturated carbocycles. The van der Waals surface area contributed by atoms with Crippen LogP contribution in [0.2, 0.25) is 0 Å². The minimum Gasteiger partial charge on any atom is -0.356 e. The Morgan fingerprint density at radius 3 is 2.94 bits per heavy atom. The van der Waals surface area contributed by atoms with Crippen molar-refractivity contribution in [3.05, 3.63) is 18.2 Å². The molecule has 0 aliphatic heterocycles. The number of carbonyl (C=O) groups is 1. The molecule has 1 aliphatic rings. The fourth-order valence-electron chi connectivity index (χ4n) is 2.48. The molecule has 1 heterocycles. The first kappa shape index (κ1) is 12.1. The quantitative estimate of drug-likeness (QED) is 0.820. The highest BCUT2D eigenvalue weighted by Gasteiger charge is 2.16. The van der Waals surface area contributed by atoms with Gasteiger partial charge < -0.3 is 10.3 Å². The molecule has 1 aromatic rings. The van der Waals surface area contributed by atoms with Gasteiger partial charge in [0.1, 0.15) is 5.82 Å². The number of aromatic amines is 1. The predicted octanol–water partition coefficient (Wildman–Crippen LogP) is 2.04. The summed E-state index contributed by atoms with van der Waals surface area (Å²) in [4.78, 5) is 18.8. The van der Waals surface area contributed by atoms with E-state index in [1.165, 1.54) is 32.1 Å². The zero-order valence-corrected chi connectivity index (χ0v) is 10.2. The number of nitrogens with one attached hydrogen (secondary N) is 2. The molecule has 1 aromatic heterocycles. The standard InChI is InChI=1S/C13H21N3O/c17-13(10-11-4-2-1-3-5-11)16-7-6-12-14-8-9-15-12/h8-9,11H,1-7,10H2,(H,14,15)(H,16,17). The Morgan fingerprint density at radius 1 is 1.41 bits per heavy atom. The molecule has 94 valence electrons. The summed E-state index contributed by atoms with van der Waals surface area (Å²) in [6, 6.07) is 0. The van der Waals surface area contributed by atoms with Crippen LogP contribution in [0, 0.1) is 5.92 Å². The van der Waals surface area contributed by atoms with E-state index in [1.54, 1.807) is 12.4 Å². The maximum Gasteiger partial charge on any atom is 0.220 e. The first-order valence-corrected chi connectivity index (χ1v) is 6.59. The molecule has 1 amide bonds. The number of hydrogen-bond donors (Lipinski definition) is 2. The van der Waals surface area contributed by atoms with E-state index in [-0.39, 0.29) is 5.91 Å². The first-order chi connectivity index (χ1) is 8.34. The molecule has 0 unspecified atom stereocenters. The summed E-state index contributed by atoms with van der Waals surface area (Å²) in [5, 5.41) is 2.97. The van der Waals surface area contributed by atoms with Crippen LogP contribution in [0.15, 0.2) is 12.4 Å². The van der Waals surface area contributed by atoms with Crippen LogP contribution in [0.3, 0.4) is 0 Å². The van der Waals surface area contributed by atoms with E-state index in [9.17, 15) is 4.79 Å². The smallest absolute Gasteiger partial charge is 0.220 e. The Hall–Kier alpha value is -1.32. The second-order valence-electron chi connectivity index (χ2n) is 4.84. The minimum atomic E-state index is 0.198. The van der Waals surface area contributed by atoms with Crippen molar-refractivity contribution in [2.75, 3.05) is 6.54 Å². The Bertz CT molecular complexity index is 328. The van der Waals surface area contributed by atoms with Gasteiger partial charge in [-0.15, -0.1) is 0 Å². The monoisotopic (exact) mass is 235 g/mol. The van der Waals surface area contributed by atoms with Crippen LogP contribution in [0.4, 0.5) is 0 Å². The van der Waals surface area contributed by atoms with Crippen LogP contribution < -0.4 is 5.32 Å². The molecule has 2 N–H and O–H groups in total. The molecule has 2 rings (SSSR count). The van der Waals surface area contributed by atoms with Gasteiger partial charge in [0.2, 0.25) is 5.91 Å². The summed E-state index contributed by atoms with van der Waals surface area (Å²) in [5.41, 5.74) is 0. The zero-order valence-electron chi connectivity index (χ0n) is 10.2. The van der Waals surface area contributed by atoms with Gasteiger partial charge in [-0.2, -0.15) is 0 Å². The summed E-state index contributed by atoms with van der Waals surface area (Å²) < 4.78 is 0. The molecule has 17 heavy (non-hydrogen) atoms. The van der Waals surface area contributed by atoms with Crippen LogP contribution in [0.5, 0.6) is 0 Å². The fourth-order valence-corrected chi connectivity index (χ4v) is 2.48. The van der Waals surface area contributed by atoms with E-state index >= 15 is 0 Å². The Balaban J connectivity index is 1.60. The molecular weight excluding hydrogens is 214 g/mol. The molecular formula is C13H21N3O. The third-order valence-corrected chi connectivity index (χ3v) is 3.44. The summed E-state index contributed by atoms with van der Waals surface area (Å²) in [6.45, 7) is 0.680. The molecule has 0 bridgehead atoms. The van der Waals surface area contributed by atoms with E-state index in [1.807, 2.05) is 0 Å². The van der Waals surface area contributed by atoms with Crippen molar-refractivity contribution in [1.82, 2.24) is 15.3 Å². The summed E-state index contributed by atoms with van der Waals surface area (Å²) in [5.74, 6) is 1.75. The number of carbonyl (C=O) groups excluding carboxylic acids is 1. The topological polar surface area (TPSA) is 57.8 Å². The highest BCUT2D eigenvalue weighted by Crippen LogP contribution is 2.25. The van der Waals surface area contributed by atoms with Crippen molar-refractivity contribution >= 4 is 5.91 Å². The third-order valence-electron chi connectivity index (χ3n) is 3.44. The van der Waals surface area contributed by atoms with Gasteiger partial charge in [0.15, 0.2) is 0 Å². The van der Waals surface area contributed by atoms with Crippen molar-refractivity contribution in [3.63, 3.8) is 0 Å². The lowest BCUT2D eigenvalue weighted by Gasteiger charge is -2.20. The molecule has 1 aliphatic carbocycles. The molecule has 4 heteroatoms. The number of imidazole rings is 1. The number of nitrogens with zero attached hydrogens (tertiary/aromatic N) is 1. The second-order valence-corrected chi connectivity index (χ2v) is 4.84. The van der Waals surface area contributed by atoms with Gasteiger partial charge in [0.05, 0.1) is 0 Å². The van der Waals surface area contributed by atoms with Crippen molar-refractivity contribution in [1.29, 1.82) is 0 Å². The average molecular weight is 235 g/mol. The van der Waals surface area contributed by atoms with Gasteiger partial charge in [-0.3, -0.25) is 4.79 Å². The van der Waals surface area contributed by atoms with E-state index in [0.717, 1.165) is 12.2 Å². The van der Waals surface area contributed by atoms with Crippen LogP contribution in [-0.2, 0) is 11.2 Å². The van der Waals surface area contributed by atoms with E-state index in [4.69, 9.17) is 0 Å². The van der Waals surface area contributed by atoms with E-state index in [2.05, 4.69) is 15.3 Å². The van der Waals surface area contributed by atoms with Crippen molar-refractivity contribution in [2.45, 2.75) is 44.9 Å². The van der Waals surface area contributed by atoms with Gasteiger partial charge in [0.25, 0.3) is 0 Å². The van der Waals surface area contributed by atoms with Crippen molar-refractivity contribution < 1.29 is 4.79 Å². The normalized spacial score (nSPS) is 16.9. The summed E-state index contributed by atoms with van der Waals surface area (Å²) in [7, 11) is 0. The lowest BCUT2D eigenvalue weighted by molar-refractivity contribution is -0.122. The number of amides is 1. The molecule has 1 fully saturated rings. The van der Waals surface area contributed by atoms with Gasteiger partial charge >= 0.3 is 0 Å². The third kappa shape index (κ3) is 4.21. The number of rotatable bonds is 5. The highest BCUT2D eigenvalue weighted by atomic mass is 16.1. The van der Waals surface area contributed by atoms with Crippen LogP contribution in [-0.4, -0.2) is 22.4 Å². The van der Waals surface area contributed by atoms with Gasteiger partial charge in [-0.25, -0.2) is 4.98 Å². The largest absolute Gasteiger partial charge is 0.356 e. The minimum absolute atomic E-state index is 0.198. The predicted molar refractivity (Wildman–Crippen MR) is 66.5 cm³/mol. The maximum atomic E-state index is 11.7.